The molecule has 4 nitrogen and oxygen atoms in total. The molecule has 1 aromatic rings. The number of hydrogen-bond donors (Lipinski definition) is 2. The van der Waals surface area contributed by atoms with Gasteiger partial charge in [0.2, 0.25) is 0 Å². The molecular weight excluding hydrogens is 377 g/mol. The topological polar surface area (TPSA) is 64.3 Å². The van der Waals surface area contributed by atoms with Crippen molar-refractivity contribution in [3.8, 4) is 11.8 Å². The first kappa shape index (κ1) is 19.2. The van der Waals surface area contributed by atoms with Crippen molar-refractivity contribution in [2.45, 2.75) is 32.5 Å². The number of carbonyl (C=O) groups excluding carboxylic acids is 1. The highest BCUT2D eigenvalue weighted by Crippen LogP contribution is 2.36. The number of benzene rings is 1. The van der Waals surface area contributed by atoms with Gasteiger partial charge in [-0.1, -0.05) is 27.8 Å². The smallest absolute Gasteiger partial charge is 0.417 e. The summed E-state index contributed by atoms with van der Waals surface area (Å²) < 4.78 is 43.3. The molecule has 0 heterocycles. The number of nitrogens with two attached hydrogens (primary N) is 1. The van der Waals surface area contributed by atoms with Crippen molar-refractivity contribution in [3.05, 3.63) is 27.7 Å². The monoisotopic (exact) mass is 392 g/mol. The molecule has 0 aliphatic carbocycles. The average Bonchev–Trinajstić information content (AvgIpc) is 2.32. The van der Waals surface area contributed by atoms with E-state index in [0.717, 1.165) is 12.1 Å². The number of carbonyl (C=O) groups is 1. The fourth-order valence-electron chi connectivity index (χ4n) is 1.48. The van der Waals surface area contributed by atoms with Gasteiger partial charge >= 0.3 is 12.3 Å². The van der Waals surface area contributed by atoms with Crippen molar-refractivity contribution < 1.29 is 22.7 Å². The Morgan fingerprint density at radius 2 is 1.96 bits per heavy atom. The largest absolute Gasteiger partial charge is 0.444 e. The lowest BCUT2D eigenvalue weighted by molar-refractivity contribution is -0.138. The van der Waals surface area contributed by atoms with Gasteiger partial charge in [0.05, 0.1) is 12.1 Å². The first-order valence-corrected chi connectivity index (χ1v) is 7.31. The molecule has 0 aliphatic rings. The molecule has 0 fully saturated rings. The number of alkyl halides is 3. The number of halogens is 4. The zero-order valence-corrected chi connectivity index (χ0v) is 14.4. The van der Waals surface area contributed by atoms with Crippen molar-refractivity contribution in [1.82, 2.24) is 5.32 Å². The van der Waals surface area contributed by atoms with Crippen LogP contribution < -0.4 is 11.1 Å². The summed E-state index contributed by atoms with van der Waals surface area (Å²) in [6.45, 7) is 5.05. The van der Waals surface area contributed by atoms with E-state index in [4.69, 9.17) is 10.5 Å². The van der Waals surface area contributed by atoms with E-state index in [2.05, 4.69) is 33.1 Å². The quantitative estimate of drug-likeness (QED) is 0.562. The molecule has 3 N–H and O–H groups in total. The molecule has 0 saturated heterocycles. The number of amides is 1. The molecule has 1 rings (SSSR count). The standard InChI is InChI=1S/C15H16BrF3N2O2/c1-14(2,3)23-13(22)21-6-4-5-9-7-10(15(17,18)19)11(16)8-12(9)20/h7-8H,6,20H2,1-3H3,(H,21,22). The minimum Gasteiger partial charge on any atom is -0.444 e. The van der Waals surface area contributed by atoms with E-state index in [0.29, 0.717) is 0 Å². The second-order valence-electron chi connectivity index (χ2n) is 5.57. The molecule has 0 unspecified atom stereocenters. The van der Waals surface area contributed by atoms with E-state index in [9.17, 15) is 18.0 Å². The van der Waals surface area contributed by atoms with Gasteiger partial charge in [-0.3, -0.25) is 0 Å². The van der Waals surface area contributed by atoms with Gasteiger partial charge in [-0.25, -0.2) is 4.79 Å². The summed E-state index contributed by atoms with van der Waals surface area (Å²) in [5.41, 5.74) is 4.28. The highest BCUT2D eigenvalue weighted by Gasteiger charge is 2.33. The zero-order chi connectivity index (χ0) is 17.8. The first-order chi connectivity index (χ1) is 10.4. The van der Waals surface area contributed by atoms with Gasteiger partial charge in [0, 0.05) is 15.7 Å². The summed E-state index contributed by atoms with van der Waals surface area (Å²) in [4.78, 5) is 11.4. The summed E-state index contributed by atoms with van der Waals surface area (Å²) in [7, 11) is 0. The first-order valence-electron chi connectivity index (χ1n) is 6.52. The van der Waals surface area contributed by atoms with Crippen molar-refractivity contribution in [1.29, 1.82) is 0 Å². The Bertz CT molecular complexity index is 656. The molecule has 8 heteroatoms. The van der Waals surface area contributed by atoms with Crippen molar-refractivity contribution >= 4 is 27.7 Å². The third-order valence-corrected chi connectivity index (χ3v) is 3.04. The third-order valence-electron chi connectivity index (χ3n) is 2.39. The molecule has 0 spiro atoms. The minimum absolute atomic E-state index is 0.0338. The van der Waals surface area contributed by atoms with Crippen LogP contribution in [0.4, 0.5) is 23.7 Å². The lowest BCUT2D eigenvalue weighted by atomic mass is 10.1. The second-order valence-corrected chi connectivity index (χ2v) is 6.43. The number of nitrogen functional groups attached to an aromatic ring is 1. The van der Waals surface area contributed by atoms with Gasteiger partial charge in [0.25, 0.3) is 0 Å². The number of anilines is 1. The predicted octanol–water partition coefficient (Wildman–Crippen LogP) is 3.93. The SMILES string of the molecule is CC(C)(C)OC(=O)NCC#Cc1cc(C(F)(F)F)c(Br)cc1N. The minimum atomic E-state index is -4.52. The molecule has 0 aromatic heterocycles. The molecule has 23 heavy (non-hydrogen) atoms. The molecule has 0 bridgehead atoms. The summed E-state index contributed by atoms with van der Waals surface area (Å²) >= 11 is 2.82. The van der Waals surface area contributed by atoms with Gasteiger partial charge in [-0.2, -0.15) is 13.2 Å². The van der Waals surface area contributed by atoms with Gasteiger partial charge in [0.15, 0.2) is 0 Å². The number of rotatable bonds is 1. The van der Waals surface area contributed by atoms with Crippen LogP contribution in [0, 0.1) is 11.8 Å². The molecule has 126 valence electrons. The Labute approximate surface area is 140 Å². The van der Waals surface area contributed by atoms with Crippen LogP contribution in [0.15, 0.2) is 16.6 Å². The number of ether oxygens (including phenoxy) is 1. The second kappa shape index (κ2) is 7.13. The highest BCUT2D eigenvalue weighted by atomic mass is 79.9. The van der Waals surface area contributed by atoms with E-state index < -0.39 is 23.4 Å². The number of alkyl carbamates (subject to hydrolysis) is 1. The molecule has 0 saturated carbocycles. The highest BCUT2D eigenvalue weighted by molar-refractivity contribution is 9.10. The fraction of sp³-hybridized carbons (Fsp3) is 0.400. The fourth-order valence-corrected chi connectivity index (χ4v) is 2.07. The molecular formula is C15H16BrF3N2O2. The van der Waals surface area contributed by atoms with Crippen LogP contribution in [0.25, 0.3) is 0 Å². The van der Waals surface area contributed by atoms with Gasteiger partial charge in [-0.05, 0) is 32.9 Å². The van der Waals surface area contributed by atoms with Gasteiger partial charge in [-0.15, -0.1) is 0 Å². The molecule has 0 atom stereocenters. The number of nitrogens with one attached hydrogen (secondary N) is 1. The summed E-state index contributed by atoms with van der Waals surface area (Å²) in [6, 6.07) is 2.01. The number of hydrogen-bond acceptors (Lipinski definition) is 3. The van der Waals surface area contributed by atoms with Crippen LogP contribution in [0.2, 0.25) is 0 Å². The maximum atomic E-state index is 12.8. The third kappa shape index (κ3) is 6.40. The van der Waals surface area contributed by atoms with Crippen molar-refractivity contribution in [2.75, 3.05) is 12.3 Å². The lowest BCUT2D eigenvalue weighted by Gasteiger charge is -2.19. The lowest BCUT2D eigenvalue weighted by Crippen LogP contribution is -2.32. The van der Waals surface area contributed by atoms with Crippen LogP contribution in [0.1, 0.15) is 31.9 Å². The van der Waals surface area contributed by atoms with Crippen LogP contribution in [0.5, 0.6) is 0 Å². The van der Waals surface area contributed by atoms with Crippen LogP contribution in [-0.4, -0.2) is 18.2 Å². The van der Waals surface area contributed by atoms with Crippen LogP contribution in [0.3, 0.4) is 0 Å². The van der Waals surface area contributed by atoms with Gasteiger partial charge < -0.3 is 15.8 Å². The van der Waals surface area contributed by atoms with E-state index in [1.165, 1.54) is 0 Å². The maximum Gasteiger partial charge on any atom is 0.417 e. The molecule has 0 radical (unpaired) electrons. The van der Waals surface area contributed by atoms with E-state index in [-0.39, 0.29) is 22.3 Å². The molecule has 1 amide bonds. The normalized spacial score (nSPS) is 11.4. The zero-order valence-electron chi connectivity index (χ0n) is 12.8. The van der Waals surface area contributed by atoms with Crippen molar-refractivity contribution in [3.63, 3.8) is 0 Å². The Balaban J connectivity index is 2.81. The Morgan fingerprint density at radius 1 is 1.35 bits per heavy atom. The van der Waals surface area contributed by atoms with E-state index >= 15 is 0 Å². The van der Waals surface area contributed by atoms with Crippen molar-refractivity contribution in [2.24, 2.45) is 0 Å². The van der Waals surface area contributed by atoms with Crippen LogP contribution >= 0.6 is 15.9 Å². The predicted molar refractivity (Wildman–Crippen MR) is 84.7 cm³/mol. The van der Waals surface area contributed by atoms with E-state index in [1.54, 1.807) is 20.8 Å². The molecule has 0 aliphatic heterocycles. The molecule has 1 aromatic carbocycles. The van der Waals surface area contributed by atoms with Crippen LogP contribution in [-0.2, 0) is 10.9 Å². The Morgan fingerprint density at radius 3 is 2.48 bits per heavy atom. The summed E-state index contributed by atoms with van der Waals surface area (Å²) in [5.74, 6) is 5.04. The summed E-state index contributed by atoms with van der Waals surface area (Å²) in [6.07, 6.45) is -5.18. The maximum absolute atomic E-state index is 12.8. The van der Waals surface area contributed by atoms with E-state index in [1.807, 2.05) is 0 Å². The summed E-state index contributed by atoms with van der Waals surface area (Å²) in [5, 5.41) is 2.38. The Kier molecular flexibility index (Phi) is 5.94. The van der Waals surface area contributed by atoms with Gasteiger partial charge in [0.1, 0.15) is 5.60 Å². The average molecular weight is 393 g/mol. The Hall–Kier alpha value is -1.88.